The van der Waals surface area contributed by atoms with Gasteiger partial charge in [0.1, 0.15) is 0 Å². The molecule has 0 aliphatic heterocycles. The van der Waals surface area contributed by atoms with Gasteiger partial charge in [-0.05, 0) is 25.0 Å². The second kappa shape index (κ2) is 9.22. The molecule has 0 aliphatic rings. The van der Waals surface area contributed by atoms with Crippen molar-refractivity contribution in [3.63, 3.8) is 0 Å². The zero-order chi connectivity index (χ0) is 10.3. The number of carboxylic acids is 2. The Morgan fingerprint density at radius 3 is 1.00 bits per heavy atom. The van der Waals surface area contributed by atoms with E-state index in [0.717, 1.165) is 0 Å². The van der Waals surface area contributed by atoms with E-state index < -0.39 is 11.9 Å². The summed E-state index contributed by atoms with van der Waals surface area (Å²) in [4.78, 5) is 19.0. The Labute approximate surface area is 91.8 Å². The van der Waals surface area contributed by atoms with E-state index in [-0.39, 0.29) is 32.9 Å². The van der Waals surface area contributed by atoms with Crippen molar-refractivity contribution in [1.29, 1.82) is 0 Å². The monoisotopic (exact) mass is 218 g/mol. The van der Waals surface area contributed by atoms with Crippen LogP contribution in [-0.2, 0) is 31.3 Å². The van der Waals surface area contributed by atoms with Gasteiger partial charge in [0.2, 0.25) is 0 Å². The van der Waals surface area contributed by atoms with Crippen LogP contribution in [0.4, 0.5) is 0 Å². The first-order valence-corrected chi connectivity index (χ1v) is 3.02. The number of carboxylic acid groups (broad SMARTS) is 2. The number of rotatable bonds is 2. The van der Waals surface area contributed by atoms with Crippen LogP contribution in [0.2, 0.25) is 0 Å². The Bertz CT molecular complexity index is 172. The third-order valence-electron chi connectivity index (χ3n) is 0.697. The SMILES string of the molecule is C=C(C)C(=O)[O-].C=C(C)C(=O)[O-].[Ti+2]. The first-order valence-electron chi connectivity index (χ1n) is 3.02. The van der Waals surface area contributed by atoms with Crippen LogP contribution in [0, 0.1) is 0 Å². The smallest absolute Gasteiger partial charge is 0.545 e. The van der Waals surface area contributed by atoms with Crippen molar-refractivity contribution in [2.24, 2.45) is 0 Å². The van der Waals surface area contributed by atoms with Crippen LogP contribution in [0.15, 0.2) is 24.3 Å². The molecule has 0 aromatic carbocycles. The van der Waals surface area contributed by atoms with Gasteiger partial charge in [0.05, 0.1) is 11.9 Å². The summed E-state index contributed by atoms with van der Waals surface area (Å²) in [5.74, 6) is -2.37. The van der Waals surface area contributed by atoms with Gasteiger partial charge in [-0.1, -0.05) is 13.2 Å². The predicted molar refractivity (Wildman–Crippen MR) is 39.6 cm³/mol. The Balaban J connectivity index is -0.000000143. The first kappa shape index (κ1) is 18.0. The maximum absolute atomic E-state index is 9.49. The minimum Gasteiger partial charge on any atom is -0.545 e. The third-order valence-corrected chi connectivity index (χ3v) is 0.697. The molecule has 0 saturated heterocycles. The fourth-order valence-corrected chi connectivity index (χ4v) is 0. The third kappa shape index (κ3) is 18.3. The summed E-state index contributed by atoms with van der Waals surface area (Å²) < 4.78 is 0. The molecule has 0 fully saturated rings. The molecular formula is C8H10O4Ti. The second-order valence-corrected chi connectivity index (χ2v) is 2.14. The fourth-order valence-electron chi connectivity index (χ4n) is 0. The van der Waals surface area contributed by atoms with E-state index in [9.17, 15) is 19.8 Å². The minimum absolute atomic E-state index is 0. The van der Waals surface area contributed by atoms with Gasteiger partial charge in [-0.15, -0.1) is 0 Å². The zero-order valence-electron chi connectivity index (χ0n) is 7.55. The van der Waals surface area contributed by atoms with Gasteiger partial charge in [-0.3, -0.25) is 0 Å². The first-order chi connectivity index (χ1) is 5.29. The number of hydrogen-bond acceptors (Lipinski definition) is 4. The maximum atomic E-state index is 9.49. The van der Waals surface area contributed by atoms with Crippen molar-refractivity contribution < 1.29 is 41.5 Å². The summed E-state index contributed by atoms with van der Waals surface area (Å²) in [5.41, 5.74) is 0.130. The van der Waals surface area contributed by atoms with Crippen LogP contribution >= 0.6 is 0 Å². The molecule has 4 nitrogen and oxygen atoms in total. The van der Waals surface area contributed by atoms with Gasteiger partial charge in [0.15, 0.2) is 0 Å². The van der Waals surface area contributed by atoms with Crippen LogP contribution in [-0.4, -0.2) is 11.9 Å². The molecule has 0 aromatic rings. The molecule has 0 radical (unpaired) electrons. The Morgan fingerprint density at radius 1 is 0.923 bits per heavy atom. The molecule has 5 heteroatoms. The molecule has 0 atom stereocenters. The average molecular weight is 218 g/mol. The van der Waals surface area contributed by atoms with Gasteiger partial charge in [0, 0.05) is 0 Å². The summed E-state index contributed by atoms with van der Waals surface area (Å²) >= 11 is 0. The van der Waals surface area contributed by atoms with E-state index in [1.165, 1.54) is 13.8 Å². The molecule has 13 heavy (non-hydrogen) atoms. The molecule has 0 aromatic heterocycles. The summed E-state index contributed by atoms with van der Waals surface area (Å²) in [6, 6.07) is 0. The van der Waals surface area contributed by atoms with Gasteiger partial charge >= 0.3 is 21.7 Å². The Hall–Kier alpha value is -0.866. The molecule has 0 bridgehead atoms. The number of hydrogen-bond donors (Lipinski definition) is 0. The molecule has 0 aliphatic carbocycles. The molecule has 70 valence electrons. The molecule has 0 unspecified atom stereocenters. The molecular weight excluding hydrogens is 208 g/mol. The fraction of sp³-hybridized carbons (Fsp3) is 0.250. The predicted octanol–water partition coefficient (Wildman–Crippen LogP) is -1.38. The summed E-state index contributed by atoms with van der Waals surface area (Å²) in [6.45, 7) is 8.95. The largest absolute Gasteiger partial charge is 2.00 e. The van der Waals surface area contributed by atoms with Gasteiger partial charge < -0.3 is 19.8 Å². The molecule has 0 N–H and O–H groups in total. The molecule has 0 saturated carbocycles. The van der Waals surface area contributed by atoms with Crippen LogP contribution in [0.5, 0.6) is 0 Å². The van der Waals surface area contributed by atoms with Crippen LogP contribution in [0.1, 0.15) is 13.8 Å². The number of carbonyl (C=O) groups is 2. The van der Waals surface area contributed by atoms with Crippen LogP contribution in [0.25, 0.3) is 0 Å². The van der Waals surface area contributed by atoms with Crippen LogP contribution in [0.3, 0.4) is 0 Å². The van der Waals surface area contributed by atoms with E-state index in [2.05, 4.69) is 13.2 Å². The quantitative estimate of drug-likeness (QED) is 0.422. The van der Waals surface area contributed by atoms with E-state index in [1.54, 1.807) is 0 Å². The van der Waals surface area contributed by atoms with E-state index >= 15 is 0 Å². The Kier molecular flexibility index (Phi) is 12.8. The van der Waals surface area contributed by atoms with Crippen molar-refractivity contribution in [1.82, 2.24) is 0 Å². The van der Waals surface area contributed by atoms with Gasteiger partial charge in [-0.25, -0.2) is 0 Å². The molecule has 0 spiro atoms. The van der Waals surface area contributed by atoms with E-state index in [1.807, 2.05) is 0 Å². The van der Waals surface area contributed by atoms with Crippen molar-refractivity contribution in [2.45, 2.75) is 13.8 Å². The van der Waals surface area contributed by atoms with Crippen molar-refractivity contribution in [3.05, 3.63) is 24.3 Å². The second-order valence-electron chi connectivity index (χ2n) is 2.14. The van der Waals surface area contributed by atoms with Crippen LogP contribution < -0.4 is 10.2 Å². The zero-order valence-corrected chi connectivity index (χ0v) is 9.11. The van der Waals surface area contributed by atoms with E-state index in [4.69, 9.17) is 0 Å². The number of aliphatic carboxylic acids is 2. The standard InChI is InChI=1S/2C4H6O2.Ti/c2*1-3(2)4(5)6;/h2*1H2,2H3,(H,5,6);/q;;+2/p-2. The number of carbonyl (C=O) groups excluding carboxylic acids is 2. The van der Waals surface area contributed by atoms with Crippen molar-refractivity contribution >= 4 is 11.9 Å². The van der Waals surface area contributed by atoms with Crippen molar-refractivity contribution in [2.75, 3.05) is 0 Å². The molecule has 0 rings (SSSR count). The maximum Gasteiger partial charge on any atom is 2.00 e. The average Bonchev–Trinajstić information content (AvgIpc) is 1.88. The van der Waals surface area contributed by atoms with Crippen molar-refractivity contribution in [3.8, 4) is 0 Å². The molecule has 0 amide bonds. The summed E-state index contributed by atoms with van der Waals surface area (Å²) in [6.07, 6.45) is 0. The van der Waals surface area contributed by atoms with Gasteiger partial charge in [0.25, 0.3) is 0 Å². The minimum atomic E-state index is -1.19. The summed E-state index contributed by atoms with van der Waals surface area (Å²) in [7, 11) is 0. The van der Waals surface area contributed by atoms with Gasteiger partial charge in [-0.2, -0.15) is 0 Å². The topological polar surface area (TPSA) is 80.3 Å². The Morgan fingerprint density at radius 2 is 1.00 bits per heavy atom. The normalized spacial score (nSPS) is 6.92. The molecule has 0 heterocycles. The summed E-state index contributed by atoms with van der Waals surface area (Å²) in [5, 5.41) is 19.0. The van der Waals surface area contributed by atoms with E-state index in [0.29, 0.717) is 0 Å².